The summed E-state index contributed by atoms with van der Waals surface area (Å²) in [7, 11) is 0. The van der Waals surface area contributed by atoms with E-state index in [4.69, 9.17) is 23.8 Å². The number of fused-ring (bicyclic) bond motifs is 1. The molecule has 2 aromatic carbocycles. The van der Waals surface area contributed by atoms with Gasteiger partial charge in [0, 0.05) is 12.1 Å². The number of aromatic nitrogens is 2. The van der Waals surface area contributed by atoms with Crippen LogP contribution in [0.2, 0.25) is 5.02 Å². The highest BCUT2D eigenvalue weighted by Crippen LogP contribution is 2.26. The zero-order valence-corrected chi connectivity index (χ0v) is 13.0. The van der Waals surface area contributed by atoms with Crippen LogP contribution >= 0.6 is 23.8 Å². The van der Waals surface area contributed by atoms with Crippen LogP contribution in [0.1, 0.15) is 18.5 Å². The van der Waals surface area contributed by atoms with Crippen LogP contribution in [0.5, 0.6) is 0 Å². The van der Waals surface area contributed by atoms with Crippen molar-refractivity contribution >= 4 is 34.9 Å². The number of imidazole rings is 1. The second kappa shape index (κ2) is 5.62. The molecule has 0 bridgehead atoms. The van der Waals surface area contributed by atoms with E-state index in [0.29, 0.717) is 10.3 Å². The summed E-state index contributed by atoms with van der Waals surface area (Å²) < 4.78 is 16.1. The maximum absolute atomic E-state index is 13.5. The second-order valence-corrected chi connectivity index (χ2v) is 5.92. The van der Waals surface area contributed by atoms with E-state index in [2.05, 4.69) is 24.0 Å². The first-order valence-electron chi connectivity index (χ1n) is 6.69. The van der Waals surface area contributed by atoms with Gasteiger partial charge < -0.3 is 9.55 Å². The molecule has 0 aliphatic rings. The molecule has 0 radical (unpaired) electrons. The number of rotatable bonds is 3. The molecule has 2 nitrogen and oxygen atoms in total. The molecule has 0 aliphatic carbocycles. The first kappa shape index (κ1) is 14.3. The number of hydrogen-bond acceptors (Lipinski definition) is 1. The molecule has 5 heteroatoms. The summed E-state index contributed by atoms with van der Waals surface area (Å²) in [5.41, 5.74) is 2.73. The average molecular weight is 321 g/mol. The number of aromatic amines is 1. The van der Waals surface area contributed by atoms with Gasteiger partial charge in [0.1, 0.15) is 5.82 Å². The van der Waals surface area contributed by atoms with E-state index in [-0.39, 0.29) is 11.1 Å². The summed E-state index contributed by atoms with van der Waals surface area (Å²) >= 11 is 11.3. The first-order valence-corrected chi connectivity index (χ1v) is 7.48. The summed E-state index contributed by atoms with van der Waals surface area (Å²) in [5.74, 6) is -0.441. The molecular weight excluding hydrogens is 307 g/mol. The maximum Gasteiger partial charge on any atom is 0.178 e. The van der Waals surface area contributed by atoms with Gasteiger partial charge >= 0.3 is 0 Å². The molecule has 0 amide bonds. The third kappa shape index (κ3) is 2.74. The number of benzene rings is 2. The van der Waals surface area contributed by atoms with E-state index >= 15 is 0 Å². The predicted molar refractivity (Wildman–Crippen MR) is 86.9 cm³/mol. The number of H-pyrrole nitrogens is 1. The van der Waals surface area contributed by atoms with Gasteiger partial charge in [-0.05, 0) is 37.2 Å². The third-order valence-corrected chi connectivity index (χ3v) is 4.16. The van der Waals surface area contributed by atoms with Crippen LogP contribution < -0.4 is 0 Å². The Hall–Kier alpha value is -1.65. The van der Waals surface area contributed by atoms with Gasteiger partial charge in [0.25, 0.3) is 0 Å². The van der Waals surface area contributed by atoms with E-state index in [0.717, 1.165) is 11.9 Å². The highest BCUT2D eigenvalue weighted by atomic mass is 35.5. The molecule has 1 heterocycles. The van der Waals surface area contributed by atoms with Gasteiger partial charge in [-0.25, -0.2) is 4.39 Å². The van der Waals surface area contributed by atoms with E-state index in [1.54, 1.807) is 6.07 Å². The minimum atomic E-state index is -0.441. The van der Waals surface area contributed by atoms with Gasteiger partial charge in [-0.1, -0.05) is 41.9 Å². The molecule has 0 spiro atoms. The van der Waals surface area contributed by atoms with E-state index < -0.39 is 5.82 Å². The summed E-state index contributed by atoms with van der Waals surface area (Å²) in [5, 5.41) is 0.108. The molecule has 0 saturated carbocycles. The lowest BCUT2D eigenvalue weighted by Gasteiger charge is -2.15. The predicted octanol–water partition coefficient (Wildman–Crippen LogP) is 5.30. The van der Waals surface area contributed by atoms with Crippen LogP contribution in [0.15, 0.2) is 42.5 Å². The fourth-order valence-electron chi connectivity index (χ4n) is 2.60. The molecule has 3 aromatic rings. The smallest absolute Gasteiger partial charge is 0.178 e. The zero-order chi connectivity index (χ0) is 15.0. The number of nitrogens with one attached hydrogen (secondary N) is 1. The molecule has 21 heavy (non-hydrogen) atoms. The number of hydrogen-bond donors (Lipinski definition) is 1. The van der Waals surface area contributed by atoms with Crippen LogP contribution in [0.3, 0.4) is 0 Å². The van der Waals surface area contributed by atoms with Gasteiger partial charge in [-0.2, -0.15) is 0 Å². The molecule has 0 aliphatic heterocycles. The fraction of sp³-hybridized carbons (Fsp3) is 0.188. The lowest BCUT2D eigenvalue weighted by molar-refractivity contribution is 0.553. The lowest BCUT2D eigenvalue weighted by Crippen LogP contribution is -2.08. The lowest BCUT2D eigenvalue weighted by atomic mass is 10.1. The van der Waals surface area contributed by atoms with Crippen molar-refractivity contribution in [3.8, 4) is 0 Å². The van der Waals surface area contributed by atoms with Crippen molar-refractivity contribution in [2.75, 3.05) is 0 Å². The summed E-state index contributed by atoms with van der Waals surface area (Å²) in [6, 6.07) is 13.4. The van der Waals surface area contributed by atoms with Crippen LogP contribution in [0, 0.1) is 10.6 Å². The normalized spacial score (nSPS) is 12.7. The van der Waals surface area contributed by atoms with Crippen LogP contribution in [-0.4, -0.2) is 9.55 Å². The summed E-state index contributed by atoms with van der Waals surface area (Å²) in [6.45, 7) is 2.09. The summed E-state index contributed by atoms with van der Waals surface area (Å²) in [4.78, 5) is 3.04. The molecule has 1 N–H and O–H groups in total. The maximum atomic E-state index is 13.5. The Labute approximate surface area is 132 Å². The molecule has 1 atom stereocenters. The first-order chi connectivity index (χ1) is 10.1. The highest BCUT2D eigenvalue weighted by molar-refractivity contribution is 7.71. The Morgan fingerprint density at radius 2 is 2.00 bits per heavy atom. The SMILES string of the molecule is CC(Cc1ccccc1)n1c(=S)[nH]c2cc(F)c(Cl)cc21. The van der Waals surface area contributed by atoms with Gasteiger partial charge in [0.05, 0.1) is 16.1 Å². The van der Waals surface area contributed by atoms with Gasteiger partial charge in [-0.3, -0.25) is 0 Å². The minimum Gasteiger partial charge on any atom is -0.330 e. The van der Waals surface area contributed by atoms with E-state index in [1.165, 1.54) is 11.6 Å². The Balaban J connectivity index is 2.05. The van der Waals surface area contributed by atoms with Crippen molar-refractivity contribution in [3.05, 3.63) is 63.6 Å². The van der Waals surface area contributed by atoms with Gasteiger partial charge in [-0.15, -0.1) is 0 Å². The monoisotopic (exact) mass is 320 g/mol. The van der Waals surface area contributed by atoms with E-state index in [1.807, 2.05) is 22.8 Å². The molecular formula is C16H14ClFN2S. The average Bonchev–Trinajstić information content (AvgIpc) is 2.75. The van der Waals surface area contributed by atoms with Gasteiger partial charge in [0.2, 0.25) is 0 Å². The van der Waals surface area contributed by atoms with Crippen molar-refractivity contribution in [1.29, 1.82) is 0 Å². The van der Waals surface area contributed by atoms with Crippen molar-refractivity contribution in [3.63, 3.8) is 0 Å². The van der Waals surface area contributed by atoms with Crippen LogP contribution in [0.25, 0.3) is 11.0 Å². The summed E-state index contributed by atoms with van der Waals surface area (Å²) in [6.07, 6.45) is 0.844. The van der Waals surface area contributed by atoms with Crippen LogP contribution in [-0.2, 0) is 6.42 Å². The van der Waals surface area contributed by atoms with E-state index in [9.17, 15) is 4.39 Å². The Kier molecular flexibility index (Phi) is 3.83. The largest absolute Gasteiger partial charge is 0.330 e. The second-order valence-electron chi connectivity index (χ2n) is 5.12. The van der Waals surface area contributed by atoms with Crippen molar-refractivity contribution in [2.45, 2.75) is 19.4 Å². The quantitative estimate of drug-likeness (QED) is 0.650. The Morgan fingerprint density at radius 3 is 2.71 bits per heavy atom. The molecule has 1 unspecified atom stereocenters. The van der Waals surface area contributed by atoms with Crippen molar-refractivity contribution in [2.24, 2.45) is 0 Å². The van der Waals surface area contributed by atoms with Crippen molar-refractivity contribution in [1.82, 2.24) is 9.55 Å². The van der Waals surface area contributed by atoms with Crippen molar-refractivity contribution < 1.29 is 4.39 Å². The highest BCUT2D eigenvalue weighted by Gasteiger charge is 2.14. The van der Waals surface area contributed by atoms with Crippen LogP contribution in [0.4, 0.5) is 4.39 Å². The number of nitrogens with zero attached hydrogens (tertiary/aromatic N) is 1. The topological polar surface area (TPSA) is 20.7 Å². The molecule has 0 fully saturated rings. The van der Waals surface area contributed by atoms with Gasteiger partial charge in [0.15, 0.2) is 4.77 Å². The number of halogens is 2. The fourth-order valence-corrected chi connectivity index (χ4v) is 3.15. The minimum absolute atomic E-state index is 0.108. The molecule has 108 valence electrons. The Bertz CT molecular complexity index is 839. The molecule has 3 rings (SSSR count). The standard InChI is InChI=1S/C16H14ClFN2S/c1-10(7-11-5-3-2-4-6-11)20-15-8-12(17)13(18)9-14(15)19-16(20)21/h2-6,8-10H,7H2,1H3,(H,19,21). The Morgan fingerprint density at radius 1 is 1.29 bits per heavy atom. The molecule has 1 aromatic heterocycles. The third-order valence-electron chi connectivity index (χ3n) is 3.57. The molecule has 0 saturated heterocycles. The zero-order valence-electron chi connectivity index (χ0n) is 11.4.